The van der Waals surface area contributed by atoms with Gasteiger partial charge in [0.25, 0.3) is 0 Å². The third-order valence-corrected chi connectivity index (χ3v) is 6.42. The lowest BCUT2D eigenvalue weighted by atomic mass is 10.1. The van der Waals surface area contributed by atoms with Crippen molar-refractivity contribution in [3.8, 4) is 0 Å². The van der Waals surface area contributed by atoms with E-state index in [9.17, 15) is 17.2 Å². The molecule has 0 aliphatic carbocycles. The van der Waals surface area contributed by atoms with Gasteiger partial charge in [-0.3, -0.25) is 4.90 Å². The van der Waals surface area contributed by atoms with Crippen molar-refractivity contribution in [2.75, 3.05) is 26.2 Å². The molecule has 0 aromatic heterocycles. The van der Waals surface area contributed by atoms with E-state index in [1.54, 1.807) is 0 Å². The molecule has 0 amide bonds. The van der Waals surface area contributed by atoms with E-state index in [0.717, 1.165) is 25.2 Å². The van der Waals surface area contributed by atoms with Crippen LogP contribution in [0.4, 0.5) is 8.78 Å². The molecule has 1 aliphatic heterocycles. The van der Waals surface area contributed by atoms with Gasteiger partial charge in [0.15, 0.2) is 0 Å². The molecule has 0 radical (unpaired) electrons. The van der Waals surface area contributed by atoms with Crippen LogP contribution in [-0.4, -0.2) is 43.8 Å². The van der Waals surface area contributed by atoms with Gasteiger partial charge in [-0.25, -0.2) is 17.2 Å². The van der Waals surface area contributed by atoms with Crippen molar-refractivity contribution in [2.45, 2.75) is 24.8 Å². The van der Waals surface area contributed by atoms with Gasteiger partial charge in [-0.15, -0.1) is 0 Å². The Kier molecular flexibility index (Phi) is 5.70. The zero-order valence-electron chi connectivity index (χ0n) is 14.7. The minimum absolute atomic E-state index is 0.298. The Morgan fingerprint density at radius 3 is 2.23 bits per heavy atom. The third-order valence-electron chi connectivity index (χ3n) is 4.55. The molecule has 0 saturated carbocycles. The summed E-state index contributed by atoms with van der Waals surface area (Å²) in [5.74, 6) is -1.78. The summed E-state index contributed by atoms with van der Waals surface area (Å²) in [5.41, 5.74) is 2.38. The quantitative estimate of drug-likeness (QED) is 0.818. The third kappa shape index (κ3) is 4.47. The summed E-state index contributed by atoms with van der Waals surface area (Å²) in [7, 11) is -3.91. The van der Waals surface area contributed by atoms with Gasteiger partial charge >= 0.3 is 0 Å². The molecule has 1 fully saturated rings. The molecule has 2 aromatic carbocycles. The molecular weight excluding hydrogens is 358 g/mol. The minimum atomic E-state index is -3.91. The Labute approximate surface area is 153 Å². The van der Waals surface area contributed by atoms with Gasteiger partial charge in [0.05, 0.1) is 4.90 Å². The van der Waals surface area contributed by atoms with E-state index in [2.05, 4.69) is 29.2 Å². The Morgan fingerprint density at radius 2 is 1.58 bits per heavy atom. The second kappa shape index (κ2) is 7.82. The Bertz CT molecular complexity index is 849. The molecule has 0 bridgehead atoms. The van der Waals surface area contributed by atoms with Crippen molar-refractivity contribution in [1.29, 1.82) is 0 Å². The molecule has 2 aromatic rings. The van der Waals surface area contributed by atoms with Gasteiger partial charge < -0.3 is 0 Å². The highest BCUT2D eigenvalue weighted by Gasteiger charge is 2.27. The molecule has 3 rings (SSSR count). The zero-order chi connectivity index (χ0) is 18.7. The summed E-state index contributed by atoms with van der Waals surface area (Å²) in [4.78, 5) is 1.87. The molecular formula is C19H22F2N2O2S. The fourth-order valence-electron chi connectivity index (χ4n) is 3.12. The first kappa shape index (κ1) is 18.9. The Balaban J connectivity index is 1.70. The molecule has 1 saturated heterocycles. The van der Waals surface area contributed by atoms with Crippen molar-refractivity contribution in [2.24, 2.45) is 0 Å². The number of halogens is 2. The zero-order valence-corrected chi connectivity index (χ0v) is 15.5. The largest absolute Gasteiger partial charge is 0.298 e. The van der Waals surface area contributed by atoms with Gasteiger partial charge in [0.1, 0.15) is 11.6 Å². The van der Waals surface area contributed by atoms with Crippen LogP contribution in [0.3, 0.4) is 0 Å². The van der Waals surface area contributed by atoms with Crippen molar-refractivity contribution in [3.63, 3.8) is 0 Å². The molecule has 0 spiro atoms. The van der Waals surface area contributed by atoms with Crippen LogP contribution in [-0.2, 0) is 16.6 Å². The Hall–Kier alpha value is -1.83. The molecule has 4 nitrogen and oxygen atoms in total. The van der Waals surface area contributed by atoms with Crippen LogP contribution >= 0.6 is 0 Å². The molecule has 26 heavy (non-hydrogen) atoms. The van der Waals surface area contributed by atoms with E-state index in [4.69, 9.17) is 0 Å². The first-order valence-corrected chi connectivity index (χ1v) is 10.0. The minimum Gasteiger partial charge on any atom is -0.298 e. The molecule has 140 valence electrons. The number of sulfonamides is 1. The van der Waals surface area contributed by atoms with E-state index in [1.807, 2.05) is 6.92 Å². The highest BCUT2D eigenvalue weighted by atomic mass is 32.2. The molecule has 0 atom stereocenters. The van der Waals surface area contributed by atoms with E-state index in [1.165, 1.54) is 15.4 Å². The highest BCUT2D eigenvalue weighted by Crippen LogP contribution is 2.20. The number of hydrogen-bond acceptors (Lipinski definition) is 3. The van der Waals surface area contributed by atoms with Gasteiger partial charge in [-0.05, 0) is 37.6 Å². The summed E-state index contributed by atoms with van der Waals surface area (Å²) in [6, 6.07) is 10.7. The molecule has 0 unspecified atom stereocenters. The van der Waals surface area contributed by atoms with Crippen molar-refractivity contribution in [3.05, 3.63) is 65.2 Å². The summed E-state index contributed by atoms with van der Waals surface area (Å²) < 4.78 is 53.6. The topological polar surface area (TPSA) is 40.6 Å². The fraction of sp³-hybridized carbons (Fsp3) is 0.368. The number of benzene rings is 2. The number of nitrogens with zero attached hydrogens (tertiary/aromatic N) is 2. The van der Waals surface area contributed by atoms with Gasteiger partial charge in [0, 0.05) is 32.2 Å². The summed E-state index contributed by atoms with van der Waals surface area (Å²) in [5, 5.41) is 0. The molecule has 0 N–H and O–H groups in total. The summed E-state index contributed by atoms with van der Waals surface area (Å²) >= 11 is 0. The number of rotatable bonds is 4. The van der Waals surface area contributed by atoms with Gasteiger partial charge in [0.2, 0.25) is 10.0 Å². The first-order valence-electron chi connectivity index (χ1n) is 8.59. The monoisotopic (exact) mass is 380 g/mol. The summed E-state index contributed by atoms with van der Waals surface area (Å²) in [6.07, 6.45) is 0.670. The van der Waals surface area contributed by atoms with Crippen LogP contribution in [0.15, 0.2) is 47.4 Å². The lowest BCUT2D eigenvalue weighted by molar-refractivity contribution is 0.278. The summed E-state index contributed by atoms with van der Waals surface area (Å²) in [6.45, 7) is 4.77. The number of aryl methyl sites for hydroxylation is 1. The SMILES string of the molecule is Cc1ccc(CN2CCCN(S(=O)(=O)c3cc(F)cc(F)c3)CC2)cc1. The normalized spacial score (nSPS) is 17.2. The van der Waals surface area contributed by atoms with Crippen LogP contribution in [0.5, 0.6) is 0 Å². The smallest absolute Gasteiger partial charge is 0.243 e. The fourth-order valence-corrected chi connectivity index (χ4v) is 4.64. The standard InChI is InChI=1S/C19H22F2N2O2S/c1-15-3-5-16(6-4-15)14-22-7-2-8-23(10-9-22)26(24,25)19-12-17(20)11-18(21)13-19/h3-6,11-13H,2,7-10,14H2,1H3. The maximum absolute atomic E-state index is 13.4. The van der Waals surface area contributed by atoms with Crippen molar-refractivity contribution in [1.82, 2.24) is 9.21 Å². The van der Waals surface area contributed by atoms with Crippen LogP contribution in [0.25, 0.3) is 0 Å². The molecule has 1 heterocycles. The molecule has 1 aliphatic rings. The average molecular weight is 380 g/mol. The second-order valence-electron chi connectivity index (χ2n) is 6.62. The van der Waals surface area contributed by atoms with Crippen LogP contribution in [0.1, 0.15) is 17.5 Å². The Morgan fingerprint density at radius 1 is 0.923 bits per heavy atom. The predicted octanol–water partition coefficient (Wildman–Crippen LogP) is 3.17. The van der Waals surface area contributed by atoms with Gasteiger partial charge in [-0.2, -0.15) is 4.31 Å². The van der Waals surface area contributed by atoms with Crippen molar-refractivity contribution >= 4 is 10.0 Å². The second-order valence-corrected chi connectivity index (χ2v) is 8.56. The van der Waals surface area contributed by atoms with E-state index in [-0.39, 0.29) is 4.90 Å². The first-order chi connectivity index (χ1) is 12.3. The van der Waals surface area contributed by atoms with E-state index < -0.39 is 21.7 Å². The van der Waals surface area contributed by atoms with Crippen LogP contribution in [0, 0.1) is 18.6 Å². The van der Waals surface area contributed by atoms with Crippen LogP contribution < -0.4 is 0 Å². The highest BCUT2D eigenvalue weighted by molar-refractivity contribution is 7.89. The average Bonchev–Trinajstić information content (AvgIpc) is 2.82. The van der Waals surface area contributed by atoms with E-state index in [0.29, 0.717) is 32.1 Å². The lowest BCUT2D eigenvalue weighted by Gasteiger charge is -2.22. The van der Waals surface area contributed by atoms with Crippen molar-refractivity contribution < 1.29 is 17.2 Å². The van der Waals surface area contributed by atoms with Gasteiger partial charge in [-0.1, -0.05) is 29.8 Å². The maximum atomic E-state index is 13.4. The number of hydrogen-bond donors (Lipinski definition) is 0. The predicted molar refractivity (Wildman–Crippen MR) is 96.2 cm³/mol. The van der Waals surface area contributed by atoms with Crippen LogP contribution in [0.2, 0.25) is 0 Å². The lowest BCUT2D eigenvalue weighted by Crippen LogP contribution is -2.35. The van der Waals surface area contributed by atoms with E-state index >= 15 is 0 Å². The maximum Gasteiger partial charge on any atom is 0.243 e. The molecule has 7 heteroatoms.